The van der Waals surface area contributed by atoms with E-state index < -0.39 is 0 Å². The van der Waals surface area contributed by atoms with Crippen LogP contribution in [0.15, 0.2) is 50.0 Å². The molecule has 0 aliphatic carbocycles. The molecule has 4 heteroatoms. The van der Waals surface area contributed by atoms with E-state index in [0.717, 1.165) is 4.47 Å². The summed E-state index contributed by atoms with van der Waals surface area (Å²) in [5, 5.41) is 0. The van der Waals surface area contributed by atoms with Crippen LogP contribution in [-0.4, -0.2) is 5.78 Å². The molecule has 0 radical (unpaired) electrons. The molecule has 1 aromatic heterocycles. The Kier molecular flexibility index (Phi) is 3.07. The van der Waals surface area contributed by atoms with E-state index in [1.807, 2.05) is 18.2 Å². The zero-order valence-electron chi connectivity index (χ0n) is 7.54. The van der Waals surface area contributed by atoms with Crippen LogP contribution in [0.5, 0.6) is 0 Å². The van der Waals surface area contributed by atoms with E-state index in [9.17, 15) is 4.79 Å². The first-order valence-corrected chi connectivity index (χ1v) is 5.81. The minimum absolute atomic E-state index is 0.131. The van der Waals surface area contributed by atoms with Gasteiger partial charge in [-0.15, -0.1) is 0 Å². The van der Waals surface area contributed by atoms with Gasteiger partial charge in [0.15, 0.2) is 10.4 Å². The van der Waals surface area contributed by atoms with Crippen molar-refractivity contribution >= 4 is 37.6 Å². The molecule has 76 valence electrons. The van der Waals surface area contributed by atoms with Crippen LogP contribution in [0, 0.1) is 0 Å². The van der Waals surface area contributed by atoms with Crippen molar-refractivity contribution in [3.63, 3.8) is 0 Å². The molecule has 0 saturated carbocycles. The molecular formula is C11H6Br2O2. The molecule has 0 amide bonds. The largest absolute Gasteiger partial charge is 0.446 e. The lowest BCUT2D eigenvalue weighted by atomic mass is 10.1. The van der Waals surface area contributed by atoms with Gasteiger partial charge in [-0.1, -0.05) is 28.1 Å². The van der Waals surface area contributed by atoms with Crippen LogP contribution in [-0.2, 0) is 0 Å². The Hall–Kier alpha value is -0.870. The van der Waals surface area contributed by atoms with E-state index in [1.54, 1.807) is 18.2 Å². The van der Waals surface area contributed by atoms with Crippen molar-refractivity contribution in [2.45, 2.75) is 0 Å². The molecule has 0 spiro atoms. The van der Waals surface area contributed by atoms with Crippen molar-refractivity contribution in [1.29, 1.82) is 0 Å². The zero-order chi connectivity index (χ0) is 10.8. The van der Waals surface area contributed by atoms with Crippen LogP contribution in [0.1, 0.15) is 16.1 Å². The SMILES string of the molecule is O=C(c1ccc(Br)o1)c1ccccc1Br. The van der Waals surface area contributed by atoms with E-state index in [1.165, 1.54) is 0 Å². The Bertz CT molecular complexity index is 503. The molecule has 0 saturated heterocycles. The van der Waals surface area contributed by atoms with Crippen molar-refractivity contribution in [1.82, 2.24) is 0 Å². The first-order valence-electron chi connectivity index (χ1n) is 4.23. The van der Waals surface area contributed by atoms with Crippen molar-refractivity contribution in [2.24, 2.45) is 0 Å². The first-order chi connectivity index (χ1) is 7.18. The van der Waals surface area contributed by atoms with Gasteiger partial charge >= 0.3 is 0 Å². The molecule has 1 heterocycles. The zero-order valence-corrected chi connectivity index (χ0v) is 10.7. The predicted molar refractivity (Wildman–Crippen MR) is 64.0 cm³/mol. The highest BCUT2D eigenvalue weighted by atomic mass is 79.9. The van der Waals surface area contributed by atoms with Crippen LogP contribution < -0.4 is 0 Å². The predicted octanol–water partition coefficient (Wildman–Crippen LogP) is 4.04. The number of hydrogen-bond acceptors (Lipinski definition) is 2. The van der Waals surface area contributed by atoms with E-state index in [4.69, 9.17) is 4.42 Å². The van der Waals surface area contributed by atoms with Crippen molar-refractivity contribution in [3.8, 4) is 0 Å². The molecular weight excluding hydrogens is 324 g/mol. The standard InChI is InChI=1S/C11H6Br2O2/c12-8-4-2-1-3-7(8)11(14)9-5-6-10(13)15-9/h1-6H. The molecule has 2 aromatic rings. The second kappa shape index (κ2) is 4.33. The van der Waals surface area contributed by atoms with Gasteiger partial charge in [-0.3, -0.25) is 4.79 Å². The smallest absolute Gasteiger partial charge is 0.229 e. The first kappa shape index (κ1) is 10.6. The van der Waals surface area contributed by atoms with Gasteiger partial charge in [-0.25, -0.2) is 0 Å². The van der Waals surface area contributed by atoms with Crippen LogP contribution in [0.2, 0.25) is 0 Å². The summed E-state index contributed by atoms with van der Waals surface area (Å²) in [6, 6.07) is 10.6. The number of halogens is 2. The maximum Gasteiger partial charge on any atom is 0.229 e. The number of benzene rings is 1. The summed E-state index contributed by atoms with van der Waals surface area (Å²) in [5.74, 6) is 0.196. The molecule has 0 N–H and O–H groups in total. The minimum Gasteiger partial charge on any atom is -0.446 e. The summed E-state index contributed by atoms with van der Waals surface area (Å²) in [5.41, 5.74) is 0.597. The average molecular weight is 330 g/mol. The van der Waals surface area contributed by atoms with Gasteiger partial charge in [-0.05, 0) is 40.2 Å². The summed E-state index contributed by atoms with van der Waals surface area (Å²) >= 11 is 6.49. The maximum atomic E-state index is 11.9. The molecule has 0 bridgehead atoms. The Morgan fingerprint density at radius 1 is 1.07 bits per heavy atom. The quantitative estimate of drug-likeness (QED) is 0.778. The summed E-state index contributed by atoms with van der Waals surface area (Å²) in [7, 11) is 0. The van der Waals surface area contributed by atoms with E-state index in [0.29, 0.717) is 16.0 Å². The Labute approximate surface area is 104 Å². The van der Waals surface area contributed by atoms with Gasteiger partial charge in [0.1, 0.15) is 0 Å². The number of carbonyl (C=O) groups excluding carboxylic acids is 1. The lowest BCUT2D eigenvalue weighted by molar-refractivity contribution is 0.101. The van der Waals surface area contributed by atoms with Gasteiger partial charge in [0.05, 0.1) is 0 Å². The molecule has 15 heavy (non-hydrogen) atoms. The summed E-state index contributed by atoms with van der Waals surface area (Å²) in [6.07, 6.45) is 0. The molecule has 2 nitrogen and oxygen atoms in total. The topological polar surface area (TPSA) is 30.2 Å². The molecule has 2 rings (SSSR count). The van der Waals surface area contributed by atoms with Crippen molar-refractivity contribution in [3.05, 3.63) is 56.9 Å². The normalized spacial score (nSPS) is 10.3. The molecule has 0 fully saturated rings. The Balaban J connectivity index is 2.41. The van der Waals surface area contributed by atoms with Crippen LogP contribution in [0.4, 0.5) is 0 Å². The number of ketones is 1. The van der Waals surface area contributed by atoms with Gasteiger partial charge in [0.2, 0.25) is 5.78 Å². The fourth-order valence-corrected chi connectivity index (χ4v) is 1.99. The third-order valence-corrected chi connectivity index (χ3v) is 3.03. The monoisotopic (exact) mass is 328 g/mol. The molecule has 0 atom stereocenters. The van der Waals surface area contributed by atoms with Crippen molar-refractivity contribution < 1.29 is 9.21 Å². The fourth-order valence-electron chi connectivity index (χ4n) is 1.21. The number of carbonyl (C=O) groups is 1. The minimum atomic E-state index is -0.131. The van der Waals surface area contributed by atoms with Crippen LogP contribution in [0.3, 0.4) is 0 Å². The molecule has 1 aromatic carbocycles. The van der Waals surface area contributed by atoms with Gasteiger partial charge in [0, 0.05) is 10.0 Å². The lowest BCUT2D eigenvalue weighted by Gasteiger charge is -1.99. The molecule has 0 aliphatic heterocycles. The number of hydrogen-bond donors (Lipinski definition) is 0. The highest BCUT2D eigenvalue weighted by molar-refractivity contribution is 9.10. The van der Waals surface area contributed by atoms with Crippen LogP contribution >= 0.6 is 31.9 Å². The summed E-state index contributed by atoms with van der Waals surface area (Å²) < 4.78 is 6.52. The van der Waals surface area contributed by atoms with Crippen LogP contribution in [0.25, 0.3) is 0 Å². The molecule has 0 unspecified atom stereocenters. The Morgan fingerprint density at radius 2 is 1.80 bits per heavy atom. The maximum absolute atomic E-state index is 11.9. The Morgan fingerprint density at radius 3 is 2.40 bits per heavy atom. The highest BCUT2D eigenvalue weighted by Gasteiger charge is 2.15. The van der Waals surface area contributed by atoms with E-state index in [-0.39, 0.29) is 5.78 Å². The third kappa shape index (κ3) is 2.21. The third-order valence-electron chi connectivity index (χ3n) is 1.92. The van der Waals surface area contributed by atoms with Gasteiger partial charge < -0.3 is 4.42 Å². The lowest BCUT2D eigenvalue weighted by Crippen LogP contribution is -2.00. The second-order valence-corrected chi connectivity index (χ2v) is 4.55. The summed E-state index contributed by atoms with van der Waals surface area (Å²) in [6.45, 7) is 0. The molecule has 0 aliphatic rings. The van der Waals surface area contributed by atoms with E-state index in [2.05, 4.69) is 31.9 Å². The number of rotatable bonds is 2. The second-order valence-electron chi connectivity index (χ2n) is 2.91. The average Bonchev–Trinajstić information content (AvgIpc) is 2.65. The van der Waals surface area contributed by atoms with E-state index >= 15 is 0 Å². The van der Waals surface area contributed by atoms with Gasteiger partial charge in [-0.2, -0.15) is 0 Å². The highest BCUT2D eigenvalue weighted by Crippen LogP contribution is 2.22. The van der Waals surface area contributed by atoms with Crippen molar-refractivity contribution in [2.75, 3.05) is 0 Å². The number of furan rings is 1. The van der Waals surface area contributed by atoms with Gasteiger partial charge in [0.25, 0.3) is 0 Å². The fraction of sp³-hybridized carbons (Fsp3) is 0. The summed E-state index contributed by atoms with van der Waals surface area (Å²) in [4.78, 5) is 11.9.